The maximum absolute atomic E-state index is 11.6. The van der Waals surface area contributed by atoms with Crippen molar-refractivity contribution >= 4 is 24.0 Å². The lowest BCUT2D eigenvalue weighted by atomic mass is 10.2. The smallest absolute Gasteiger partial charge is 0.408 e. The molecule has 0 fully saturated rings. The van der Waals surface area contributed by atoms with Crippen LogP contribution in [0.15, 0.2) is 6.33 Å². The van der Waals surface area contributed by atoms with Gasteiger partial charge in [0.05, 0.1) is 12.0 Å². The molecule has 0 aliphatic rings. The third kappa shape index (κ3) is 3.73. The Kier molecular flexibility index (Phi) is 4.34. The highest BCUT2D eigenvalue weighted by Gasteiger charge is 2.23. The van der Waals surface area contributed by atoms with E-state index in [0.29, 0.717) is 12.0 Å². The first-order valence-corrected chi connectivity index (χ1v) is 5.74. The largest absolute Gasteiger partial charge is 0.444 e. The van der Waals surface area contributed by atoms with Gasteiger partial charge in [-0.15, -0.1) is 0 Å². The highest BCUT2D eigenvalue weighted by atomic mass is 35.5. The summed E-state index contributed by atoms with van der Waals surface area (Å²) < 4.78 is 6.63. The van der Waals surface area contributed by atoms with Gasteiger partial charge < -0.3 is 19.4 Å². The number of nitrogens with one attached hydrogen (secondary N) is 1. The number of nitrogens with zero attached hydrogens (tertiary/aromatic N) is 2. The topological polar surface area (TPSA) is 73.2 Å². The molecule has 0 radical (unpaired) electrons. The number of aryl methyl sites for hydroxylation is 1. The first kappa shape index (κ1) is 14.5. The summed E-state index contributed by atoms with van der Waals surface area (Å²) in [4.78, 5) is 26.5. The van der Waals surface area contributed by atoms with Crippen LogP contribution in [-0.4, -0.2) is 27.5 Å². The van der Waals surface area contributed by atoms with E-state index in [-0.39, 0.29) is 5.15 Å². The number of hydrogen-bond donors (Lipinski definition) is 1. The molecule has 0 aliphatic carbocycles. The third-order valence-electron chi connectivity index (χ3n) is 2.04. The number of carbonyl (C=O) groups excluding carboxylic acids is 2. The number of imidazole rings is 1. The molecule has 1 atom stereocenters. The molecule has 1 rings (SSSR count). The second-order valence-electron chi connectivity index (χ2n) is 4.79. The van der Waals surface area contributed by atoms with Gasteiger partial charge in [0.15, 0.2) is 5.15 Å². The van der Waals surface area contributed by atoms with Gasteiger partial charge in [0.1, 0.15) is 17.9 Å². The van der Waals surface area contributed by atoms with Crippen molar-refractivity contribution in [2.75, 3.05) is 0 Å². The highest BCUT2D eigenvalue weighted by molar-refractivity contribution is 6.30. The van der Waals surface area contributed by atoms with Crippen LogP contribution in [0.2, 0.25) is 5.15 Å². The van der Waals surface area contributed by atoms with E-state index in [2.05, 4.69) is 10.3 Å². The molecular formula is C11H16ClN3O3. The van der Waals surface area contributed by atoms with E-state index >= 15 is 0 Å². The molecule has 18 heavy (non-hydrogen) atoms. The predicted molar refractivity (Wildman–Crippen MR) is 66.4 cm³/mol. The number of carbonyl (C=O) groups is 2. The van der Waals surface area contributed by atoms with E-state index < -0.39 is 17.7 Å². The number of hydrogen-bond acceptors (Lipinski definition) is 4. The molecule has 6 nitrogen and oxygen atoms in total. The quantitative estimate of drug-likeness (QED) is 0.853. The van der Waals surface area contributed by atoms with Crippen LogP contribution in [0, 0.1) is 0 Å². The van der Waals surface area contributed by atoms with Crippen LogP contribution in [-0.2, 0) is 16.6 Å². The Labute approximate surface area is 110 Å². The van der Waals surface area contributed by atoms with Crippen molar-refractivity contribution < 1.29 is 14.3 Å². The van der Waals surface area contributed by atoms with Crippen LogP contribution >= 0.6 is 11.6 Å². The first-order valence-electron chi connectivity index (χ1n) is 5.36. The fourth-order valence-corrected chi connectivity index (χ4v) is 1.65. The molecule has 1 heterocycles. The van der Waals surface area contributed by atoms with Crippen molar-refractivity contribution in [2.45, 2.75) is 32.4 Å². The average Bonchev–Trinajstić information content (AvgIpc) is 2.53. The van der Waals surface area contributed by atoms with Gasteiger partial charge in [-0.1, -0.05) is 11.6 Å². The summed E-state index contributed by atoms with van der Waals surface area (Å²) in [6.07, 6.45) is 1.36. The normalized spacial score (nSPS) is 12.9. The van der Waals surface area contributed by atoms with Crippen LogP contribution in [0.4, 0.5) is 4.79 Å². The minimum atomic E-state index is -0.889. The summed E-state index contributed by atoms with van der Waals surface area (Å²) in [5.74, 6) is 0. The molecule has 1 amide bonds. The van der Waals surface area contributed by atoms with E-state index in [4.69, 9.17) is 16.3 Å². The SMILES string of the molecule is Cn1cnc(Cl)c1C(C=O)NC(=O)OC(C)(C)C. The average molecular weight is 274 g/mol. The van der Waals surface area contributed by atoms with Crippen LogP contribution in [0.25, 0.3) is 0 Å². The van der Waals surface area contributed by atoms with Gasteiger partial charge in [0.2, 0.25) is 0 Å². The molecule has 0 aromatic carbocycles. The summed E-state index contributed by atoms with van der Waals surface area (Å²) in [5, 5.41) is 2.60. The maximum atomic E-state index is 11.6. The summed E-state index contributed by atoms with van der Waals surface area (Å²) in [6.45, 7) is 5.21. The molecule has 100 valence electrons. The van der Waals surface area contributed by atoms with Crippen molar-refractivity contribution in [3.63, 3.8) is 0 Å². The van der Waals surface area contributed by atoms with Gasteiger partial charge >= 0.3 is 6.09 Å². The van der Waals surface area contributed by atoms with E-state index in [9.17, 15) is 9.59 Å². The molecule has 1 unspecified atom stereocenters. The van der Waals surface area contributed by atoms with Gasteiger partial charge in [-0.25, -0.2) is 9.78 Å². The Morgan fingerprint density at radius 3 is 2.61 bits per heavy atom. The number of halogens is 1. The Bertz CT molecular complexity index is 431. The van der Waals surface area contributed by atoms with Gasteiger partial charge in [0.25, 0.3) is 0 Å². The van der Waals surface area contributed by atoms with Crippen LogP contribution in [0.5, 0.6) is 0 Å². The predicted octanol–water partition coefficient (Wildman–Crippen LogP) is 1.84. The molecule has 0 saturated heterocycles. The number of rotatable bonds is 3. The van der Waals surface area contributed by atoms with Gasteiger partial charge in [0, 0.05) is 7.05 Å². The Hall–Kier alpha value is -1.56. The molecule has 0 saturated carbocycles. The zero-order valence-electron chi connectivity index (χ0n) is 10.7. The zero-order valence-corrected chi connectivity index (χ0v) is 11.5. The van der Waals surface area contributed by atoms with Crippen molar-refractivity contribution in [3.05, 3.63) is 17.2 Å². The van der Waals surface area contributed by atoms with Crippen molar-refractivity contribution in [1.82, 2.24) is 14.9 Å². The van der Waals surface area contributed by atoms with Crippen LogP contribution in [0.3, 0.4) is 0 Å². The fourth-order valence-electron chi connectivity index (χ4n) is 1.36. The summed E-state index contributed by atoms with van der Waals surface area (Å²) >= 11 is 5.85. The van der Waals surface area contributed by atoms with E-state index in [1.807, 2.05) is 0 Å². The van der Waals surface area contributed by atoms with E-state index in [0.717, 1.165) is 0 Å². The molecule has 7 heteroatoms. The molecule has 1 aromatic rings. The van der Waals surface area contributed by atoms with Crippen LogP contribution in [0.1, 0.15) is 32.5 Å². The van der Waals surface area contributed by atoms with Crippen molar-refractivity contribution in [2.24, 2.45) is 7.05 Å². The lowest BCUT2D eigenvalue weighted by Gasteiger charge is -2.21. The lowest BCUT2D eigenvalue weighted by Crippen LogP contribution is -2.36. The van der Waals surface area contributed by atoms with Crippen molar-refractivity contribution in [1.29, 1.82) is 0 Å². The molecule has 0 spiro atoms. The summed E-state index contributed by atoms with van der Waals surface area (Å²) in [5.41, 5.74) is -0.217. The zero-order chi connectivity index (χ0) is 13.9. The molecule has 1 N–H and O–H groups in total. The van der Waals surface area contributed by atoms with E-state index in [1.54, 1.807) is 32.4 Å². The van der Waals surface area contributed by atoms with Gasteiger partial charge in [-0.05, 0) is 20.8 Å². The number of aromatic nitrogens is 2. The molecular weight excluding hydrogens is 258 g/mol. The van der Waals surface area contributed by atoms with E-state index in [1.165, 1.54) is 6.33 Å². The summed E-state index contributed by atoms with van der Waals surface area (Å²) in [7, 11) is 1.68. The minimum absolute atomic E-state index is 0.172. The molecule has 0 bridgehead atoms. The van der Waals surface area contributed by atoms with Crippen LogP contribution < -0.4 is 5.32 Å². The number of ether oxygens (including phenoxy) is 1. The van der Waals surface area contributed by atoms with Gasteiger partial charge in [-0.3, -0.25) is 0 Å². The standard InChI is InChI=1S/C11H16ClN3O3/c1-11(2,3)18-10(17)14-7(5-16)8-9(12)13-6-15(8)4/h5-7H,1-4H3,(H,14,17). The Morgan fingerprint density at radius 2 is 2.22 bits per heavy atom. The third-order valence-corrected chi connectivity index (χ3v) is 2.33. The van der Waals surface area contributed by atoms with Gasteiger partial charge in [-0.2, -0.15) is 0 Å². The fraction of sp³-hybridized carbons (Fsp3) is 0.545. The minimum Gasteiger partial charge on any atom is -0.444 e. The highest BCUT2D eigenvalue weighted by Crippen LogP contribution is 2.20. The summed E-state index contributed by atoms with van der Waals surface area (Å²) in [6, 6.07) is -0.889. The second kappa shape index (κ2) is 5.39. The molecule has 1 aromatic heterocycles. The monoisotopic (exact) mass is 273 g/mol. The Balaban J connectivity index is 2.81. The number of amides is 1. The van der Waals surface area contributed by atoms with Crippen molar-refractivity contribution in [3.8, 4) is 0 Å². The number of alkyl carbamates (subject to hydrolysis) is 1. The lowest BCUT2D eigenvalue weighted by molar-refractivity contribution is -0.109. The Morgan fingerprint density at radius 1 is 1.61 bits per heavy atom. The first-order chi connectivity index (χ1) is 8.24. The molecule has 0 aliphatic heterocycles. The number of aldehydes is 1. The maximum Gasteiger partial charge on any atom is 0.408 e. The second-order valence-corrected chi connectivity index (χ2v) is 5.15.